The van der Waals surface area contributed by atoms with Crippen molar-refractivity contribution in [3.8, 4) is 5.75 Å². The molecule has 0 saturated heterocycles. The fourth-order valence-corrected chi connectivity index (χ4v) is 2.10. The molecule has 0 heterocycles. The van der Waals surface area contributed by atoms with Gasteiger partial charge in [0.05, 0.1) is 10.6 Å². The smallest absolute Gasteiger partial charge is 0.338 e. The van der Waals surface area contributed by atoms with Crippen LogP contribution in [0.15, 0.2) is 36.4 Å². The molecule has 0 atom stereocenters. The Kier molecular flexibility index (Phi) is 4.37. The van der Waals surface area contributed by atoms with Crippen LogP contribution in [-0.4, -0.2) is 11.1 Å². The van der Waals surface area contributed by atoms with Crippen LogP contribution in [0.4, 0.5) is 5.69 Å². The van der Waals surface area contributed by atoms with Gasteiger partial charge in [-0.3, -0.25) is 0 Å². The summed E-state index contributed by atoms with van der Waals surface area (Å²) in [6, 6.07) is 9.82. The van der Waals surface area contributed by atoms with Crippen LogP contribution in [0.25, 0.3) is 0 Å². The maximum Gasteiger partial charge on any atom is 0.338 e. The van der Waals surface area contributed by atoms with Gasteiger partial charge in [-0.05, 0) is 18.2 Å². The summed E-state index contributed by atoms with van der Waals surface area (Å²) in [5.74, 6) is -0.711. The predicted molar refractivity (Wildman–Crippen MR) is 78.6 cm³/mol. The molecule has 0 spiro atoms. The number of carbonyl (C=O) groups is 1. The van der Waals surface area contributed by atoms with Crippen molar-refractivity contribution < 1.29 is 14.6 Å². The molecule has 4 nitrogen and oxygen atoms in total. The Morgan fingerprint density at radius 1 is 1.20 bits per heavy atom. The maximum absolute atomic E-state index is 11.2. The molecule has 0 aliphatic heterocycles. The molecule has 0 amide bonds. The van der Waals surface area contributed by atoms with Gasteiger partial charge < -0.3 is 15.6 Å². The lowest BCUT2D eigenvalue weighted by atomic mass is 10.1. The Hall–Kier alpha value is -1.91. The van der Waals surface area contributed by atoms with E-state index < -0.39 is 5.97 Å². The van der Waals surface area contributed by atoms with Crippen LogP contribution in [0.2, 0.25) is 10.0 Å². The van der Waals surface area contributed by atoms with Crippen molar-refractivity contribution in [3.63, 3.8) is 0 Å². The highest BCUT2D eigenvalue weighted by Crippen LogP contribution is 2.32. The molecule has 20 heavy (non-hydrogen) atoms. The van der Waals surface area contributed by atoms with Gasteiger partial charge in [-0.25, -0.2) is 4.79 Å². The predicted octanol–water partition coefficient (Wildman–Crippen LogP) is 3.85. The van der Waals surface area contributed by atoms with E-state index in [0.717, 1.165) is 0 Å². The van der Waals surface area contributed by atoms with Gasteiger partial charge in [0.1, 0.15) is 17.4 Å². The van der Waals surface area contributed by atoms with Crippen molar-refractivity contribution >= 4 is 34.9 Å². The largest absolute Gasteiger partial charge is 0.487 e. The SMILES string of the molecule is Nc1cccc(COc2cccc(Cl)c2Cl)c1C(=O)O. The Bertz CT molecular complexity index is 659. The molecule has 0 unspecified atom stereocenters. The molecule has 0 radical (unpaired) electrons. The summed E-state index contributed by atoms with van der Waals surface area (Å²) in [5, 5.41) is 9.82. The highest BCUT2D eigenvalue weighted by molar-refractivity contribution is 6.42. The molecule has 0 aromatic heterocycles. The minimum atomic E-state index is -1.10. The standard InChI is InChI=1S/C14H11Cl2NO3/c15-9-4-2-6-11(13(9)16)20-7-8-3-1-5-10(17)12(8)14(18)19/h1-6H,7,17H2,(H,18,19). The van der Waals surface area contributed by atoms with E-state index in [1.54, 1.807) is 30.3 Å². The monoisotopic (exact) mass is 311 g/mol. The minimum absolute atomic E-state index is 0.0330. The Balaban J connectivity index is 2.26. The van der Waals surface area contributed by atoms with Crippen molar-refractivity contribution in [1.29, 1.82) is 0 Å². The van der Waals surface area contributed by atoms with Gasteiger partial charge in [-0.15, -0.1) is 0 Å². The summed E-state index contributed by atoms with van der Waals surface area (Å²) in [5.41, 5.74) is 6.35. The normalized spacial score (nSPS) is 10.3. The molecule has 0 saturated carbocycles. The van der Waals surface area contributed by atoms with Crippen LogP contribution in [-0.2, 0) is 6.61 Å². The van der Waals surface area contributed by atoms with Crippen molar-refractivity contribution in [3.05, 3.63) is 57.6 Å². The van der Waals surface area contributed by atoms with Gasteiger partial charge in [0, 0.05) is 11.3 Å². The molecule has 0 fully saturated rings. The van der Waals surface area contributed by atoms with E-state index in [-0.39, 0.29) is 22.9 Å². The zero-order valence-corrected chi connectivity index (χ0v) is 11.8. The Labute approximate surface area is 125 Å². The third-order valence-electron chi connectivity index (χ3n) is 2.70. The second-order valence-electron chi connectivity index (χ2n) is 4.03. The van der Waals surface area contributed by atoms with E-state index in [4.69, 9.17) is 38.8 Å². The molecule has 6 heteroatoms. The number of nitrogen functional groups attached to an aromatic ring is 1. The number of anilines is 1. The second-order valence-corrected chi connectivity index (χ2v) is 4.81. The minimum Gasteiger partial charge on any atom is -0.487 e. The molecule has 2 aromatic rings. The van der Waals surface area contributed by atoms with Crippen LogP contribution < -0.4 is 10.5 Å². The first-order valence-corrected chi connectivity index (χ1v) is 6.43. The van der Waals surface area contributed by atoms with Crippen molar-refractivity contribution in [1.82, 2.24) is 0 Å². The summed E-state index contributed by atoms with van der Waals surface area (Å²) >= 11 is 11.9. The number of carboxylic acids is 1. The molecule has 104 valence electrons. The van der Waals surface area contributed by atoms with Crippen LogP contribution in [0, 0.1) is 0 Å². The highest BCUT2D eigenvalue weighted by Gasteiger charge is 2.14. The number of halogens is 2. The molecule has 2 aromatic carbocycles. The Morgan fingerprint density at radius 3 is 2.60 bits per heavy atom. The third-order valence-corrected chi connectivity index (χ3v) is 3.50. The molecule has 2 rings (SSSR count). The van der Waals surface area contributed by atoms with Crippen LogP contribution >= 0.6 is 23.2 Å². The zero-order chi connectivity index (χ0) is 14.7. The van der Waals surface area contributed by atoms with E-state index >= 15 is 0 Å². The molecule has 0 aliphatic carbocycles. The van der Waals surface area contributed by atoms with Gasteiger partial charge in [-0.2, -0.15) is 0 Å². The van der Waals surface area contributed by atoms with E-state index in [1.165, 1.54) is 6.07 Å². The van der Waals surface area contributed by atoms with Crippen LogP contribution in [0.3, 0.4) is 0 Å². The van der Waals surface area contributed by atoms with Crippen LogP contribution in [0.5, 0.6) is 5.75 Å². The summed E-state index contributed by atoms with van der Waals surface area (Å²) in [6.45, 7) is 0.0345. The van der Waals surface area contributed by atoms with E-state index in [1.807, 2.05) is 0 Å². The van der Waals surface area contributed by atoms with Gasteiger partial charge in [0.2, 0.25) is 0 Å². The quantitative estimate of drug-likeness (QED) is 0.841. The van der Waals surface area contributed by atoms with Gasteiger partial charge in [0.15, 0.2) is 0 Å². The number of carboxylic acid groups (broad SMARTS) is 1. The number of nitrogens with two attached hydrogens (primary N) is 1. The van der Waals surface area contributed by atoms with E-state index in [0.29, 0.717) is 16.3 Å². The first kappa shape index (κ1) is 14.5. The van der Waals surface area contributed by atoms with Gasteiger partial charge >= 0.3 is 5.97 Å². The number of hydrogen-bond acceptors (Lipinski definition) is 3. The van der Waals surface area contributed by atoms with E-state index in [2.05, 4.69) is 0 Å². The summed E-state index contributed by atoms with van der Waals surface area (Å²) in [6.07, 6.45) is 0. The fraction of sp³-hybridized carbons (Fsp3) is 0.0714. The van der Waals surface area contributed by atoms with Crippen molar-refractivity contribution in [2.45, 2.75) is 6.61 Å². The lowest BCUT2D eigenvalue weighted by Crippen LogP contribution is -2.09. The highest BCUT2D eigenvalue weighted by atomic mass is 35.5. The number of ether oxygens (including phenoxy) is 1. The van der Waals surface area contributed by atoms with E-state index in [9.17, 15) is 4.79 Å². The van der Waals surface area contributed by atoms with Crippen molar-refractivity contribution in [2.24, 2.45) is 0 Å². The molecular weight excluding hydrogens is 301 g/mol. The van der Waals surface area contributed by atoms with Crippen molar-refractivity contribution in [2.75, 3.05) is 5.73 Å². The first-order valence-electron chi connectivity index (χ1n) is 5.68. The molecule has 0 aliphatic rings. The maximum atomic E-state index is 11.2. The third kappa shape index (κ3) is 2.98. The lowest BCUT2D eigenvalue weighted by Gasteiger charge is -2.12. The zero-order valence-electron chi connectivity index (χ0n) is 10.3. The molecular formula is C14H11Cl2NO3. The summed E-state index contributed by atoms with van der Waals surface area (Å²) in [7, 11) is 0. The molecule has 3 N–H and O–H groups in total. The summed E-state index contributed by atoms with van der Waals surface area (Å²) in [4.78, 5) is 11.2. The Morgan fingerprint density at radius 2 is 1.90 bits per heavy atom. The fourth-order valence-electron chi connectivity index (χ4n) is 1.75. The van der Waals surface area contributed by atoms with Gasteiger partial charge in [-0.1, -0.05) is 41.4 Å². The van der Waals surface area contributed by atoms with Gasteiger partial charge in [0.25, 0.3) is 0 Å². The first-order chi connectivity index (χ1) is 9.50. The number of benzene rings is 2. The number of hydrogen-bond donors (Lipinski definition) is 2. The summed E-state index contributed by atoms with van der Waals surface area (Å²) < 4.78 is 5.51. The molecule has 0 bridgehead atoms. The second kappa shape index (κ2) is 6.03. The average molecular weight is 312 g/mol. The number of rotatable bonds is 4. The average Bonchev–Trinajstić information content (AvgIpc) is 2.40. The lowest BCUT2D eigenvalue weighted by molar-refractivity contribution is 0.0695. The van der Waals surface area contributed by atoms with Crippen LogP contribution in [0.1, 0.15) is 15.9 Å². The number of aromatic carboxylic acids is 1. The topological polar surface area (TPSA) is 72.5 Å².